The minimum atomic E-state index is 0.290. The molecule has 0 aromatic heterocycles. The summed E-state index contributed by atoms with van der Waals surface area (Å²) >= 11 is 0. The second-order valence-electron chi connectivity index (χ2n) is 3.80. The van der Waals surface area contributed by atoms with E-state index in [1.54, 1.807) is 7.11 Å². The predicted octanol–water partition coefficient (Wildman–Crippen LogP) is 1.69. The zero-order chi connectivity index (χ0) is 11.3. The lowest BCUT2D eigenvalue weighted by Gasteiger charge is -2.19. The van der Waals surface area contributed by atoms with E-state index in [-0.39, 0.29) is 0 Å². The first kappa shape index (κ1) is 12.0. The lowest BCUT2D eigenvalue weighted by atomic mass is 10.1. The van der Waals surface area contributed by atoms with Gasteiger partial charge in [0.05, 0.1) is 7.11 Å². The van der Waals surface area contributed by atoms with Crippen molar-refractivity contribution in [2.45, 2.75) is 25.9 Å². The van der Waals surface area contributed by atoms with Crippen LogP contribution in [0.15, 0.2) is 24.3 Å². The molecule has 84 valence electrons. The third-order valence-electron chi connectivity index (χ3n) is 2.48. The van der Waals surface area contributed by atoms with Crippen LogP contribution in [-0.4, -0.2) is 19.7 Å². The summed E-state index contributed by atoms with van der Waals surface area (Å²) < 4.78 is 5.18. The van der Waals surface area contributed by atoms with Crippen LogP contribution >= 0.6 is 0 Å². The minimum Gasteiger partial charge on any atom is -0.497 e. The molecule has 3 nitrogen and oxygen atoms in total. The summed E-state index contributed by atoms with van der Waals surface area (Å²) in [5.74, 6) is 0.890. The molecule has 0 bridgehead atoms. The highest BCUT2D eigenvalue weighted by Crippen LogP contribution is 2.18. The average molecular weight is 208 g/mol. The first-order valence-electron chi connectivity index (χ1n) is 5.27. The number of methoxy groups -OCH3 is 1. The molecule has 0 heterocycles. The molecular weight excluding hydrogens is 188 g/mol. The topological polar surface area (TPSA) is 47.3 Å². The van der Waals surface area contributed by atoms with Crippen LogP contribution in [0.3, 0.4) is 0 Å². The molecule has 1 aromatic rings. The SMILES string of the molecule is COc1cccc([C@@H](C)NC(C)CN)c1. The third kappa shape index (κ3) is 3.53. The van der Waals surface area contributed by atoms with Crippen LogP contribution in [0, 0.1) is 0 Å². The average Bonchev–Trinajstić information content (AvgIpc) is 2.28. The second-order valence-corrected chi connectivity index (χ2v) is 3.80. The number of rotatable bonds is 5. The van der Waals surface area contributed by atoms with E-state index in [0.29, 0.717) is 18.6 Å². The maximum Gasteiger partial charge on any atom is 0.119 e. The van der Waals surface area contributed by atoms with Crippen molar-refractivity contribution in [2.24, 2.45) is 5.73 Å². The molecule has 0 saturated heterocycles. The van der Waals surface area contributed by atoms with Crippen molar-refractivity contribution in [1.82, 2.24) is 5.32 Å². The number of nitrogens with one attached hydrogen (secondary N) is 1. The number of ether oxygens (including phenoxy) is 1. The molecule has 0 aliphatic carbocycles. The molecule has 1 unspecified atom stereocenters. The summed E-state index contributed by atoms with van der Waals surface area (Å²) in [4.78, 5) is 0. The number of benzene rings is 1. The molecular formula is C12H20N2O. The molecule has 1 rings (SSSR count). The maximum absolute atomic E-state index is 5.57. The standard InChI is InChI=1S/C12H20N2O/c1-9(8-13)14-10(2)11-5-4-6-12(7-11)15-3/h4-7,9-10,14H,8,13H2,1-3H3/t9?,10-/m1/s1. The summed E-state index contributed by atoms with van der Waals surface area (Å²) in [6.45, 7) is 4.85. The van der Waals surface area contributed by atoms with Gasteiger partial charge < -0.3 is 15.8 Å². The Labute approximate surface area is 91.6 Å². The van der Waals surface area contributed by atoms with Crippen LogP contribution in [0.4, 0.5) is 0 Å². The Morgan fingerprint density at radius 3 is 2.73 bits per heavy atom. The van der Waals surface area contributed by atoms with Gasteiger partial charge in [-0.1, -0.05) is 12.1 Å². The molecule has 0 fully saturated rings. The molecule has 0 aliphatic heterocycles. The van der Waals surface area contributed by atoms with Crippen molar-refractivity contribution < 1.29 is 4.74 Å². The Balaban J connectivity index is 2.68. The highest BCUT2D eigenvalue weighted by Gasteiger charge is 2.08. The Hall–Kier alpha value is -1.06. The molecule has 0 spiro atoms. The molecule has 2 atom stereocenters. The van der Waals surface area contributed by atoms with Crippen LogP contribution in [0.1, 0.15) is 25.5 Å². The van der Waals surface area contributed by atoms with Crippen molar-refractivity contribution in [3.8, 4) is 5.75 Å². The third-order valence-corrected chi connectivity index (χ3v) is 2.48. The van der Waals surface area contributed by atoms with Crippen molar-refractivity contribution in [1.29, 1.82) is 0 Å². The summed E-state index contributed by atoms with van der Waals surface area (Å²) in [7, 11) is 1.68. The van der Waals surface area contributed by atoms with Crippen LogP contribution in [0.2, 0.25) is 0 Å². The van der Waals surface area contributed by atoms with E-state index in [1.165, 1.54) is 5.56 Å². The molecule has 0 aliphatic rings. The Morgan fingerprint density at radius 1 is 1.40 bits per heavy atom. The Morgan fingerprint density at radius 2 is 2.13 bits per heavy atom. The molecule has 0 amide bonds. The fourth-order valence-corrected chi connectivity index (χ4v) is 1.50. The van der Waals surface area contributed by atoms with Gasteiger partial charge in [-0.15, -0.1) is 0 Å². The van der Waals surface area contributed by atoms with Crippen LogP contribution < -0.4 is 15.8 Å². The predicted molar refractivity (Wildman–Crippen MR) is 63.1 cm³/mol. The van der Waals surface area contributed by atoms with Gasteiger partial charge in [-0.25, -0.2) is 0 Å². The normalized spacial score (nSPS) is 14.7. The summed E-state index contributed by atoms with van der Waals surface area (Å²) in [6.07, 6.45) is 0. The quantitative estimate of drug-likeness (QED) is 0.774. The molecule has 3 heteroatoms. The fourth-order valence-electron chi connectivity index (χ4n) is 1.50. The first-order chi connectivity index (χ1) is 7.17. The molecule has 15 heavy (non-hydrogen) atoms. The summed E-state index contributed by atoms with van der Waals surface area (Å²) in [5.41, 5.74) is 6.78. The largest absolute Gasteiger partial charge is 0.497 e. The lowest BCUT2D eigenvalue weighted by Crippen LogP contribution is -2.34. The van der Waals surface area contributed by atoms with Crippen LogP contribution in [0.5, 0.6) is 5.75 Å². The second kappa shape index (κ2) is 5.73. The monoisotopic (exact) mass is 208 g/mol. The van der Waals surface area contributed by atoms with Crippen LogP contribution in [-0.2, 0) is 0 Å². The van der Waals surface area contributed by atoms with Gasteiger partial charge in [0.2, 0.25) is 0 Å². The van der Waals surface area contributed by atoms with Gasteiger partial charge in [0.1, 0.15) is 5.75 Å². The van der Waals surface area contributed by atoms with E-state index >= 15 is 0 Å². The lowest BCUT2D eigenvalue weighted by molar-refractivity contribution is 0.412. The summed E-state index contributed by atoms with van der Waals surface area (Å²) in [6, 6.07) is 8.69. The van der Waals surface area contributed by atoms with Gasteiger partial charge in [-0.2, -0.15) is 0 Å². The Kier molecular flexibility index (Phi) is 4.59. The Bertz CT molecular complexity index is 301. The number of hydrogen-bond donors (Lipinski definition) is 2. The fraction of sp³-hybridized carbons (Fsp3) is 0.500. The first-order valence-corrected chi connectivity index (χ1v) is 5.27. The number of nitrogens with two attached hydrogens (primary N) is 1. The molecule has 1 aromatic carbocycles. The van der Waals surface area contributed by atoms with Gasteiger partial charge >= 0.3 is 0 Å². The van der Waals surface area contributed by atoms with Crippen molar-refractivity contribution in [3.05, 3.63) is 29.8 Å². The molecule has 0 saturated carbocycles. The van der Waals surface area contributed by atoms with Crippen LogP contribution in [0.25, 0.3) is 0 Å². The van der Waals surface area contributed by atoms with E-state index in [2.05, 4.69) is 25.2 Å². The van der Waals surface area contributed by atoms with Crippen molar-refractivity contribution >= 4 is 0 Å². The zero-order valence-corrected chi connectivity index (χ0v) is 9.66. The molecule has 0 radical (unpaired) electrons. The molecule has 3 N–H and O–H groups in total. The van der Waals surface area contributed by atoms with E-state index in [9.17, 15) is 0 Å². The minimum absolute atomic E-state index is 0.290. The van der Waals surface area contributed by atoms with Gasteiger partial charge in [0.25, 0.3) is 0 Å². The van der Waals surface area contributed by atoms with E-state index < -0.39 is 0 Å². The van der Waals surface area contributed by atoms with Gasteiger partial charge in [0, 0.05) is 18.6 Å². The van der Waals surface area contributed by atoms with Crippen molar-refractivity contribution in [3.63, 3.8) is 0 Å². The summed E-state index contributed by atoms with van der Waals surface area (Å²) in [5, 5.41) is 3.42. The zero-order valence-electron chi connectivity index (χ0n) is 9.66. The maximum atomic E-state index is 5.57. The van der Waals surface area contributed by atoms with Gasteiger partial charge in [0.15, 0.2) is 0 Å². The van der Waals surface area contributed by atoms with Crippen molar-refractivity contribution in [2.75, 3.05) is 13.7 Å². The highest BCUT2D eigenvalue weighted by molar-refractivity contribution is 5.30. The highest BCUT2D eigenvalue weighted by atomic mass is 16.5. The smallest absolute Gasteiger partial charge is 0.119 e. The van der Waals surface area contributed by atoms with E-state index in [1.807, 2.05) is 18.2 Å². The van der Waals surface area contributed by atoms with E-state index in [4.69, 9.17) is 10.5 Å². The van der Waals surface area contributed by atoms with E-state index in [0.717, 1.165) is 5.75 Å². The number of hydrogen-bond acceptors (Lipinski definition) is 3. The van der Waals surface area contributed by atoms with Gasteiger partial charge in [-0.3, -0.25) is 0 Å². The van der Waals surface area contributed by atoms with Gasteiger partial charge in [-0.05, 0) is 31.5 Å².